The Kier molecular flexibility index (Phi) is 5.84. The summed E-state index contributed by atoms with van der Waals surface area (Å²) in [6.45, 7) is 5.95. The number of carbonyl (C=O) groups is 2. The van der Waals surface area contributed by atoms with Crippen LogP contribution in [0.5, 0.6) is 11.5 Å². The third-order valence-corrected chi connectivity index (χ3v) is 4.82. The molecule has 2 aromatic rings. The SMILES string of the molecule is Cc1cccc(C)c1NC(=O)CN(C)[C@@H](C)C(=O)Nc1ccc2c(c1)OCO2. The van der Waals surface area contributed by atoms with E-state index in [2.05, 4.69) is 10.6 Å². The van der Waals surface area contributed by atoms with Crippen LogP contribution in [0.3, 0.4) is 0 Å². The Morgan fingerprint density at radius 2 is 1.75 bits per heavy atom. The van der Waals surface area contributed by atoms with Gasteiger partial charge in [-0.3, -0.25) is 14.5 Å². The molecule has 1 aliphatic heterocycles. The van der Waals surface area contributed by atoms with Crippen molar-refractivity contribution in [3.8, 4) is 11.5 Å². The summed E-state index contributed by atoms with van der Waals surface area (Å²) in [5, 5.41) is 5.78. The molecule has 2 N–H and O–H groups in total. The number of likely N-dealkylation sites (N-methyl/N-ethyl adjacent to an activating group) is 1. The van der Waals surface area contributed by atoms with Gasteiger partial charge in [0.05, 0.1) is 12.6 Å². The maximum absolute atomic E-state index is 12.5. The van der Waals surface area contributed by atoms with Crippen LogP contribution in [0.2, 0.25) is 0 Å². The van der Waals surface area contributed by atoms with Gasteiger partial charge < -0.3 is 20.1 Å². The Bertz CT molecular complexity index is 877. The van der Waals surface area contributed by atoms with Gasteiger partial charge >= 0.3 is 0 Å². The second kappa shape index (κ2) is 8.31. The zero-order valence-corrected chi connectivity index (χ0v) is 16.5. The molecule has 1 heterocycles. The average Bonchev–Trinajstić information content (AvgIpc) is 3.12. The summed E-state index contributed by atoms with van der Waals surface area (Å²) in [6, 6.07) is 10.6. The molecule has 1 aliphatic rings. The highest BCUT2D eigenvalue weighted by atomic mass is 16.7. The Morgan fingerprint density at radius 1 is 1.07 bits per heavy atom. The fourth-order valence-electron chi connectivity index (χ4n) is 2.98. The molecule has 2 aromatic carbocycles. The number of benzene rings is 2. The number of aryl methyl sites for hydroxylation is 2. The summed E-state index contributed by atoms with van der Waals surface area (Å²) < 4.78 is 10.6. The van der Waals surface area contributed by atoms with E-state index in [4.69, 9.17) is 9.47 Å². The maximum Gasteiger partial charge on any atom is 0.241 e. The molecule has 0 bridgehead atoms. The minimum atomic E-state index is -0.492. The number of carbonyl (C=O) groups excluding carboxylic acids is 2. The number of para-hydroxylation sites is 1. The van der Waals surface area contributed by atoms with E-state index in [-0.39, 0.29) is 25.2 Å². The first-order valence-electron chi connectivity index (χ1n) is 9.12. The van der Waals surface area contributed by atoms with E-state index in [1.807, 2.05) is 32.0 Å². The molecular formula is C21H25N3O4. The van der Waals surface area contributed by atoms with Gasteiger partial charge in [-0.1, -0.05) is 18.2 Å². The molecule has 2 amide bonds. The van der Waals surface area contributed by atoms with E-state index in [0.29, 0.717) is 17.2 Å². The maximum atomic E-state index is 12.5. The number of rotatable bonds is 6. The van der Waals surface area contributed by atoms with Crippen LogP contribution in [0, 0.1) is 13.8 Å². The van der Waals surface area contributed by atoms with Crippen molar-refractivity contribution in [2.45, 2.75) is 26.8 Å². The summed E-state index contributed by atoms with van der Waals surface area (Å²) in [5.74, 6) is 0.891. The molecule has 148 valence electrons. The highest BCUT2D eigenvalue weighted by Gasteiger charge is 2.22. The van der Waals surface area contributed by atoms with E-state index in [9.17, 15) is 9.59 Å². The van der Waals surface area contributed by atoms with Gasteiger partial charge in [-0.15, -0.1) is 0 Å². The lowest BCUT2D eigenvalue weighted by Crippen LogP contribution is -2.43. The van der Waals surface area contributed by atoms with Gasteiger partial charge in [-0.25, -0.2) is 0 Å². The second-order valence-electron chi connectivity index (χ2n) is 6.96. The van der Waals surface area contributed by atoms with Crippen molar-refractivity contribution in [3.63, 3.8) is 0 Å². The lowest BCUT2D eigenvalue weighted by molar-refractivity contribution is -0.122. The van der Waals surface area contributed by atoms with Crippen LogP contribution in [0.25, 0.3) is 0 Å². The quantitative estimate of drug-likeness (QED) is 0.802. The van der Waals surface area contributed by atoms with E-state index in [0.717, 1.165) is 16.8 Å². The molecular weight excluding hydrogens is 358 g/mol. The van der Waals surface area contributed by atoms with Crippen LogP contribution in [0.4, 0.5) is 11.4 Å². The Hall–Kier alpha value is -3.06. The predicted octanol–water partition coefficient (Wildman–Crippen LogP) is 2.93. The zero-order chi connectivity index (χ0) is 20.3. The molecule has 28 heavy (non-hydrogen) atoms. The molecule has 1 atom stereocenters. The number of hydrogen-bond donors (Lipinski definition) is 2. The van der Waals surface area contributed by atoms with Crippen molar-refractivity contribution < 1.29 is 19.1 Å². The van der Waals surface area contributed by atoms with Crippen molar-refractivity contribution in [1.82, 2.24) is 4.90 Å². The first-order chi connectivity index (χ1) is 13.3. The van der Waals surface area contributed by atoms with Gasteiger partial charge in [0.1, 0.15) is 0 Å². The van der Waals surface area contributed by atoms with Crippen LogP contribution in [0.1, 0.15) is 18.1 Å². The Labute approximate surface area is 164 Å². The lowest BCUT2D eigenvalue weighted by Gasteiger charge is -2.23. The van der Waals surface area contributed by atoms with Gasteiger partial charge in [-0.2, -0.15) is 0 Å². The van der Waals surface area contributed by atoms with Gasteiger partial charge in [0.25, 0.3) is 0 Å². The molecule has 0 aliphatic carbocycles. The van der Waals surface area contributed by atoms with Gasteiger partial charge in [0.15, 0.2) is 11.5 Å². The van der Waals surface area contributed by atoms with Crippen molar-refractivity contribution in [1.29, 1.82) is 0 Å². The summed E-state index contributed by atoms with van der Waals surface area (Å²) in [6.07, 6.45) is 0. The largest absolute Gasteiger partial charge is 0.454 e. The number of nitrogens with zero attached hydrogens (tertiary/aromatic N) is 1. The van der Waals surface area contributed by atoms with Gasteiger partial charge in [0.2, 0.25) is 18.6 Å². The number of fused-ring (bicyclic) bond motifs is 1. The Balaban J connectivity index is 1.56. The number of anilines is 2. The van der Waals surface area contributed by atoms with Crippen LogP contribution < -0.4 is 20.1 Å². The molecule has 0 spiro atoms. The van der Waals surface area contributed by atoms with Crippen molar-refractivity contribution in [2.24, 2.45) is 0 Å². The smallest absolute Gasteiger partial charge is 0.241 e. The van der Waals surface area contributed by atoms with Crippen LogP contribution in [-0.2, 0) is 9.59 Å². The third kappa shape index (κ3) is 4.43. The minimum Gasteiger partial charge on any atom is -0.454 e. The van der Waals surface area contributed by atoms with Crippen LogP contribution in [-0.4, -0.2) is 43.1 Å². The highest BCUT2D eigenvalue weighted by Crippen LogP contribution is 2.34. The number of ether oxygens (including phenoxy) is 2. The van der Waals surface area contributed by atoms with E-state index in [1.165, 1.54) is 0 Å². The first kappa shape index (κ1) is 19.7. The summed E-state index contributed by atoms with van der Waals surface area (Å²) >= 11 is 0. The second-order valence-corrected chi connectivity index (χ2v) is 6.96. The standard InChI is InChI=1S/C21H25N3O4/c1-13-6-5-7-14(2)20(13)23-19(25)11-24(4)15(3)21(26)22-16-8-9-17-18(10-16)28-12-27-17/h5-10,15H,11-12H2,1-4H3,(H,22,26)(H,23,25)/t15-/m0/s1. The molecule has 0 aromatic heterocycles. The zero-order valence-electron chi connectivity index (χ0n) is 16.5. The predicted molar refractivity (Wildman–Crippen MR) is 108 cm³/mol. The molecule has 0 fully saturated rings. The fourth-order valence-corrected chi connectivity index (χ4v) is 2.98. The molecule has 0 saturated carbocycles. The molecule has 0 unspecified atom stereocenters. The first-order valence-corrected chi connectivity index (χ1v) is 9.12. The van der Waals surface area contributed by atoms with Crippen LogP contribution in [0.15, 0.2) is 36.4 Å². The summed E-state index contributed by atoms with van der Waals surface area (Å²) in [5.41, 5.74) is 3.45. The summed E-state index contributed by atoms with van der Waals surface area (Å²) in [7, 11) is 1.74. The average molecular weight is 383 g/mol. The Morgan fingerprint density at radius 3 is 2.46 bits per heavy atom. The van der Waals surface area contributed by atoms with Crippen molar-refractivity contribution in [3.05, 3.63) is 47.5 Å². The van der Waals surface area contributed by atoms with Crippen LogP contribution >= 0.6 is 0 Å². The number of amides is 2. The molecule has 0 radical (unpaired) electrons. The van der Waals surface area contributed by atoms with Crippen molar-refractivity contribution in [2.75, 3.05) is 31.0 Å². The minimum absolute atomic E-state index is 0.101. The topological polar surface area (TPSA) is 79.9 Å². The fraction of sp³-hybridized carbons (Fsp3) is 0.333. The molecule has 3 rings (SSSR count). The third-order valence-electron chi connectivity index (χ3n) is 4.82. The molecule has 0 saturated heterocycles. The number of hydrogen-bond acceptors (Lipinski definition) is 5. The van der Waals surface area contributed by atoms with Gasteiger partial charge in [0, 0.05) is 17.4 Å². The van der Waals surface area contributed by atoms with Crippen molar-refractivity contribution >= 4 is 23.2 Å². The lowest BCUT2D eigenvalue weighted by atomic mass is 10.1. The van der Waals surface area contributed by atoms with Gasteiger partial charge in [-0.05, 0) is 51.1 Å². The number of nitrogens with one attached hydrogen (secondary N) is 2. The van der Waals surface area contributed by atoms with E-state index < -0.39 is 6.04 Å². The highest BCUT2D eigenvalue weighted by molar-refractivity contribution is 5.97. The monoisotopic (exact) mass is 383 g/mol. The molecule has 7 heteroatoms. The van der Waals surface area contributed by atoms with E-state index in [1.54, 1.807) is 37.1 Å². The molecule has 7 nitrogen and oxygen atoms in total. The normalized spacial score (nSPS) is 13.3. The summed E-state index contributed by atoms with van der Waals surface area (Å²) in [4.78, 5) is 26.7. The van der Waals surface area contributed by atoms with E-state index >= 15 is 0 Å².